The summed E-state index contributed by atoms with van der Waals surface area (Å²) in [7, 11) is 0. The molecule has 1 N–H and O–H groups in total. The number of rotatable bonds is 3. The van der Waals surface area contributed by atoms with Gasteiger partial charge in [0.25, 0.3) is 0 Å². The number of hydrogen-bond donors (Lipinski definition) is 1. The van der Waals surface area contributed by atoms with E-state index in [1.165, 1.54) is 6.20 Å². The normalized spacial score (nSPS) is 10.5. The van der Waals surface area contributed by atoms with Crippen LogP contribution in [0.4, 0.5) is 4.39 Å². The van der Waals surface area contributed by atoms with Gasteiger partial charge in [0.15, 0.2) is 0 Å². The molecular weight excluding hydrogens is 326 g/mol. The van der Waals surface area contributed by atoms with E-state index in [9.17, 15) is 14.0 Å². The van der Waals surface area contributed by atoms with E-state index in [-0.39, 0.29) is 62.3 Å². The summed E-state index contributed by atoms with van der Waals surface area (Å²) in [6, 6.07) is 6.20. The zero-order valence-electron chi connectivity index (χ0n) is 11.8. The number of fused-ring (bicyclic) bond motifs is 1. The fraction of sp³-hybridized carbons (Fsp3) is 0.125. The molecule has 3 aromatic rings. The number of hydrogen-bond acceptors (Lipinski definition) is 2. The van der Waals surface area contributed by atoms with E-state index in [0.29, 0.717) is 17.7 Å². The molecule has 0 aliphatic rings. The molecule has 0 amide bonds. The molecule has 2 heterocycles. The summed E-state index contributed by atoms with van der Waals surface area (Å²) in [6.45, 7) is 2.29. The summed E-state index contributed by atoms with van der Waals surface area (Å²) in [5, 5.41) is 9.17. The molecule has 0 aliphatic carbocycles. The minimum atomic E-state index is -1.32. The fourth-order valence-corrected chi connectivity index (χ4v) is 2.51. The third kappa shape index (κ3) is 3.20. The predicted molar refractivity (Wildman–Crippen MR) is 87.3 cm³/mol. The number of carboxylic acid groups (broad SMARTS) is 1. The molecule has 0 saturated heterocycles. The molecular formula is C16H14FKN2O3. The van der Waals surface area contributed by atoms with E-state index < -0.39 is 17.2 Å². The van der Waals surface area contributed by atoms with Crippen LogP contribution in [-0.4, -0.2) is 71.6 Å². The van der Waals surface area contributed by atoms with Crippen molar-refractivity contribution in [3.63, 3.8) is 0 Å². The average Bonchev–Trinajstić information content (AvgIpc) is 3.01. The third-order valence-corrected chi connectivity index (χ3v) is 3.60. The molecule has 2 aromatic heterocycles. The van der Waals surface area contributed by atoms with Gasteiger partial charge in [0.2, 0.25) is 5.43 Å². The Morgan fingerprint density at radius 2 is 1.91 bits per heavy atom. The van der Waals surface area contributed by atoms with Crippen LogP contribution in [0, 0.1) is 5.82 Å². The number of aromatic nitrogens is 2. The summed E-state index contributed by atoms with van der Waals surface area (Å²) in [5.74, 6) is -1.89. The first kappa shape index (κ1) is 18.1. The first-order chi connectivity index (χ1) is 10.5. The number of halogens is 1. The van der Waals surface area contributed by atoms with Gasteiger partial charge >= 0.3 is 57.4 Å². The number of carbonyl (C=O) groups is 1. The van der Waals surface area contributed by atoms with Crippen molar-refractivity contribution in [2.75, 3.05) is 0 Å². The van der Waals surface area contributed by atoms with Gasteiger partial charge < -0.3 is 14.2 Å². The van der Waals surface area contributed by atoms with Crippen LogP contribution in [0.1, 0.15) is 17.3 Å². The van der Waals surface area contributed by atoms with Crippen molar-refractivity contribution in [1.82, 2.24) is 9.13 Å². The first-order valence-electron chi connectivity index (χ1n) is 6.76. The van der Waals surface area contributed by atoms with Gasteiger partial charge in [0.05, 0.1) is 11.2 Å². The molecule has 0 atom stereocenters. The van der Waals surface area contributed by atoms with Crippen molar-refractivity contribution in [1.29, 1.82) is 0 Å². The monoisotopic (exact) mass is 340 g/mol. The Hall–Kier alpha value is -1.25. The summed E-state index contributed by atoms with van der Waals surface area (Å²) < 4.78 is 17.5. The Labute approximate surface area is 173 Å². The molecule has 1 aromatic carbocycles. The quantitative estimate of drug-likeness (QED) is 0.742. The number of nitrogens with zero attached hydrogens (tertiary/aromatic N) is 2. The van der Waals surface area contributed by atoms with Crippen LogP contribution in [0.3, 0.4) is 0 Å². The van der Waals surface area contributed by atoms with E-state index in [1.807, 2.05) is 6.92 Å². The molecule has 0 spiro atoms. The van der Waals surface area contributed by atoms with Crippen molar-refractivity contribution in [3.8, 4) is 5.69 Å². The van der Waals surface area contributed by atoms with Crippen LogP contribution in [-0.2, 0) is 6.54 Å². The number of benzene rings is 1. The van der Waals surface area contributed by atoms with Crippen LogP contribution >= 0.6 is 0 Å². The van der Waals surface area contributed by atoms with Crippen molar-refractivity contribution in [2.45, 2.75) is 13.5 Å². The second kappa shape index (κ2) is 7.10. The third-order valence-electron chi connectivity index (χ3n) is 3.60. The van der Waals surface area contributed by atoms with Crippen LogP contribution in [0.25, 0.3) is 16.6 Å². The molecule has 114 valence electrons. The van der Waals surface area contributed by atoms with Crippen LogP contribution < -0.4 is 5.43 Å². The Bertz CT molecular complexity index is 933. The number of aromatic carboxylic acids is 1. The van der Waals surface area contributed by atoms with Crippen LogP contribution in [0.5, 0.6) is 0 Å². The van der Waals surface area contributed by atoms with Crippen molar-refractivity contribution in [2.24, 2.45) is 0 Å². The van der Waals surface area contributed by atoms with E-state index >= 15 is 0 Å². The molecule has 3 rings (SSSR count). The molecule has 0 unspecified atom stereocenters. The van der Waals surface area contributed by atoms with Gasteiger partial charge in [0, 0.05) is 30.5 Å². The molecule has 0 bridgehead atoms. The van der Waals surface area contributed by atoms with Gasteiger partial charge in [-0.3, -0.25) is 4.79 Å². The second-order valence-electron chi connectivity index (χ2n) is 4.87. The van der Waals surface area contributed by atoms with Crippen molar-refractivity contribution >= 4 is 68.3 Å². The van der Waals surface area contributed by atoms with Gasteiger partial charge in [-0.15, -0.1) is 0 Å². The standard InChI is InChI=1S/C16H13FN2O3.K.H/c1-2-18-9-11(16(21)22)15(20)10-7-12(17)14(8-13(10)18)19-5-3-4-6-19;;/h3-9H,2H2,1H3,(H,21,22);;. The molecule has 0 aliphatic heterocycles. The Morgan fingerprint density at radius 1 is 1.26 bits per heavy atom. The number of carboxylic acids is 1. The summed E-state index contributed by atoms with van der Waals surface area (Å²) in [6.07, 6.45) is 4.69. The zero-order chi connectivity index (χ0) is 15.9. The van der Waals surface area contributed by atoms with E-state index in [4.69, 9.17) is 5.11 Å². The van der Waals surface area contributed by atoms with Gasteiger partial charge in [-0.1, -0.05) is 0 Å². The molecule has 0 fully saturated rings. The Balaban J connectivity index is 0.00000192. The number of pyridine rings is 1. The first-order valence-corrected chi connectivity index (χ1v) is 6.76. The van der Waals surface area contributed by atoms with Gasteiger partial charge in [0.1, 0.15) is 11.4 Å². The predicted octanol–water partition coefficient (Wildman–Crippen LogP) is 2.00. The van der Waals surface area contributed by atoms with Gasteiger partial charge in [-0.05, 0) is 31.2 Å². The number of aryl methyl sites for hydroxylation is 1. The Kier molecular flexibility index (Phi) is 5.59. The summed E-state index contributed by atoms with van der Waals surface area (Å²) >= 11 is 0. The zero-order valence-corrected chi connectivity index (χ0v) is 11.8. The topological polar surface area (TPSA) is 64.2 Å². The molecule has 7 heteroatoms. The second-order valence-corrected chi connectivity index (χ2v) is 4.87. The van der Waals surface area contributed by atoms with Crippen LogP contribution in [0.15, 0.2) is 47.7 Å². The van der Waals surface area contributed by atoms with E-state index in [2.05, 4.69) is 0 Å². The Morgan fingerprint density at radius 3 is 2.48 bits per heavy atom. The van der Waals surface area contributed by atoms with Crippen molar-refractivity contribution < 1.29 is 14.3 Å². The van der Waals surface area contributed by atoms with E-state index in [0.717, 1.165) is 6.07 Å². The molecule has 23 heavy (non-hydrogen) atoms. The van der Waals surface area contributed by atoms with E-state index in [1.54, 1.807) is 39.7 Å². The minimum absolute atomic E-state index is 0. The molecule has 0 radical (unpaired) electrons. The average molecular weight is 340 g/mol. The van der Waals surface area contributed by atoms with Crippen molar-refractivity contribution in [3.05, 3.63) is 64.5 Å². The maximum absolute atomic E-state index is 14.3. The van der Waals surface area contributed by atoms with Gasteiger partial charge in [-0.2, -0.15) is 0 Å². The molecule has 0 saturated carbocycles. The summed E-state index contributed by atoms with van der Waals surface area (Å²) in [5.41, 5.74) is -0.225. The summed E-state index contributed by atoms with van der Waals surface area (Å²) in [4.78, 5) is 23.4. The fourth-order valence-electron chi connectivity index (χ4n) is 2.51. The SMILES string of the molecule is CCn1cc(C(=O)O)c(=O)c2cc(F)c(-n3cccc3)cc21.[KH]. The van der Waals surface area contributed by atoms with Crippen LogP contribution in [0.2, 0.25) is 0 Å². The molecule has 5 nitrogen and oxygen atoms in total. The van der Waals surface area contributed by atoms with Gasteiger partial charge in [-0.25, -0.2) is 9.18 Å². The maximum atomic E-state index is 14.3.